The molecule has 0 amide bonds. The van der Waals surface area contributed by atoms with Crippen LogP contribution in [0.5, 0.6) is 0 Å². The third kappa shape index (κ3) is 3.74. The summed E-state index contributed by atoms with van der Waals surface area (Å²) in [7, 11) is 0. The fourth-order valence-electron chi connectivity index (χ4n) is 3.98. The van der Waals surface area contributed by atoms with Gasteiger partial charge in [-0.1, -0.05) is 6.08 Å². The lowest BCUT2D eigenvalue weighted by atomic mass is 10.1. The minimum atomic E-state index is -0.271. The Bertz CT molecular complexity index is 1210. The molecule has 7 heteroatoms. The lowest BCUT2D eigenvalue weighted by Crippen LogP contribution is -2.07. The number of hydrogen-bond donors (Lipinski definition) is 1. The molecule has 5 rings (SSSR count). The van der Waals surface area contributed by atoms with Crippen molar-refractivity contribution in [3.05, 3.63) is 78.4 Å². The van der Waals surface area contributed by atoms with Crippen LogP contribution in [0.15, 0.2) is 65.4 Å². The van der Waals surface area contributed by atoms with Gasteiger partial charge in [-0.3, -0.25) is 0 Å². The predicted molar refractivity (Wildman–Crippen MR) is 118 cm³/mol. The molecule has 0 bridgehead atoms. The summed E-state index contributed by atoms with van der Waals surface area (Å²) in [5.74, 6) is 2.10. The first kappa shape index (κ1) is 19.2. The van der Waals surface area contributed by atoms with E-state index in [0.717, 1.165) is 53.6 Å². The van der Waals surface area contributed by atoms with E-state index in [1.165, 1.54) is 12.1 Å². The van der Waals surface area contributed by atoms with E-state index in [1.54, 1.807) is 24.6 Å². The fourth-order valence-corrected chi connectivity index (χ4v) is 3.98. The van der Waals surface area contributed by atoms with Crippen molar-refractivity contribution in [2.45, 2.75) is 25.8 Å². The first-order chi connectivity index (χ1) is 15.2. The Hall–Kier alpha value is -3.74. The standard InChI is InChI=1S/C24H22FN5O/c1-2-26-24-27-14-13-20(28-24)23-22(16-5-7-17(25)8-6-16)29-21-12-10-18(30(21)23)9-11-19-4-3-15-31-19/h3-9,11,13-15,18H,2,10,12H2,1H3,(H,26,27,28). The maximum absolute atomic E-state index is 13.5. The molecule has 0 aliphatic carbocycles. The van der Waals surface area contributed by atoms with Gasteiger partial charge < -0.3 is 14.3 Å². The van der Waals surface area contributed by atoms with E-state index in [-0.39, 0.29) is 11.9 Å². The lowest BCUT2D eigenvalue weighted by molar-refractivity contribution is 0.555. The highest BCUT2D eigenvalue weighted by molar-refractivity contribution is 5.78. The monoisotopic (exact) mass is 415 g/mol. The quantitative estimate of drug-likeness (QED) is 0.458. The Labute approximate surface area is 179 Å². The number of furan rings is 1. The molecular formula is C24H22FN5O. The third-order valence-corrected chi connectivity index (χ3v) is 5.36. The number of benzene rings is 1. The summed E-state index contributed by atoms with van der Waals surface area (Å²) in [6.45, 7) is 2.74. The van der Waals surface area contributed by atoms with E-state index in [1.807, 2.05) is 31.2 Å². The SMILES string of the molecule is CCNc1nccc(-c2c(-c3ccc(F)cc3)nc3n2C(C=Cc2ccco2)CC3)n1. The summed E-state index contributed by atoms with van der Waals surface area (Å²) in [4.78, 5) is 14.0. The van der Waals surface area contributed by atoms with Crippen molar-refractivity contribution >= 4 is 12.0 Å². The first-order valence-electron chi connectivity index (χ1n) is 10.4. The molecule has 1 aliphatic heterocycles. The van der Waals surface area contributed by atoms with Crippen molar-refractivity contribution in [1.29, 1.82) is 0 Å². The number of nitrogens with zero attached hydrogens (tertiary/aromatic N) is 4. The van der Waals surface area contributed by atoms with Crippen molar-refractivity contribution in [2.24, 2.45) is 0 Å². The molecule has 1 N–H and O–H groups in total. The number of aryl methyl sites for hydroxylation is 1. The smallest absolute Gasteiger partial charge is 0.223 e. The van der Waals surface area contributed by atoms with Gasteiger partial charge in [-0.05, 0) is 61.9 Å². The van der Waals surface area contributed by atoms with Gasteiger partial charge in [-0.15, -0.1) is 0 Å². The minimum absolute atomic E-state index is 0.120. The molecular weight excluding hydrogens is 393 g/mol. The Morgan fingerprint density at radius 2 is 2.06 bits per heavy atom. The van der Waals surface area contributed by atoms with Crippen LogP contribution in [-0.2, 0) is 6.42 Å². The first-order valence-corrected chi connectivity index (χ1v) is 10.4. The summed E-state index contributed by atoms with van der Waals surface area (Å²) >= 11 is 0. The Morgan fingerprint density at radius 1 is 1.19 bits per heavy atom. The van der Waals surface area contributed by atoms with Gasteiger partial charge in [0.15, 0.2) is 0 Å². The predicted octanol–water partition coefficient (Wildman–Crippen LogP) is 5.37. The van der Waals surface area contributed by atoms with Crippen molar-refractivity contribution < 1.29 is 8.81 Å². The molecule has 1 unspecified atom stereocenters. The van der Waals surface area contributed by atoms with Crippen LogP contribution >= 0.6 is 0 Å². The molecule has 6 nitrogen and oxygen atoms in total. The second-order valence-electron chi connectivity index (χ2n) is 7.38. The molecule has 4 heterocycles. The number of nitrogens with one attached hydrogen (secondary N) is 1. The van der Waals surface area contributed by atoms with Crippen molar-refractivity contribution in [3.8, 4) is 22.6 Å². The van der Waals surface area contributed by atoms with Crippen molar-refractivity contribution in [2.75, 3.05) is 11.9 Å². The molecule has 0 saturated carbocycles. The zero-order valence-corrected chi connectivity index (χ0v) is 17.1. The molecule has 31 heavy (non-hydrogen) atoms. The van der Waals surface area contributed by atoms with Gasteiger partial charge in [-0.25, -0.2) is 19.3 Å². The fraction of sp³-hybridized carbons (Fsp3) is 0.208. The summed E-state index contributed by atoms with van der Waals surface area (Å²) < 4.78 is 21.2. The Kier molecular flexibility index (Phi) is 5.08. The van der Waals surface area contributed by atoms with Gasteiger partial charge in [0.2, 0.25) is 5.95 Å². The van der Waals surface area contributed by atoms with E-state index >= 15 is 0 Å². The van der Waals surface area contributed by atoms with E-state index in [9.17, 15) is 4.39 Å². The average Bonchev–Trinajstić information content (AvgIpc) is 3.51. The summed E-state index contributed by atoms with van der Waals surface area (Å²) in [6, 6.07) is 12.3. The molecule has 156 valence electrons. The highest BCUT2D eigenvalue weighted by atomic mass is 19.1. The van der Waals surface area contributed by atoms with Crippen LogP contribution in [0.3, 0.4) is 0 Å². The van der Waals surface area contributed by atoms with Crippen LogP contribution in [-0.4, -0.2) is 26.1 Å². The zero-order valence-electron chi connectivity index (χ0n) is 17.1. The van der Waals surface area contributed by atoms with E-state index in [4.69, 9.17) is 14.4 Å². The van der Waals surface area contributed by atoms with E-state index in [2.05, 4.69) is 20.9 Å². The third-order valence-electron chi connectivity index (χ3n) is 5.36. The number of fused-ring (bicyclic) bond motifs is 1. The summed E-state index contributed by atoms with van der Waals surface area (Å²) in [6.07, 6.45) is 9.34. The maximum atomic E-state index is 13.5. The molecule has 0 fully saturated rings. The van der Waals surface area contributed by atoms with Gasteiger partial charge in [0, 0.05) is 24.7 Å². The van der Waals surface area contributed by atoms with E-state index in [0.29, 0.717) is 5.95 Å². The molecule has 1 aromatic carbocycles. The summed E-state index contributed by atoms with van der Waals surface area (Å²) in [5.41, 5.74) is 3.35. The van der Waals surface area contributed by atoms with Gasteiger partial charge in [0.05, 0.1) is 29.4 Å². The van der Waals surface area contributed by atoms with Gasteiger partial charge in [0.25, 0.3) is 0 Å². The molecule has 0 radical (unpaired) electrons. The molecule has 0 saturated heterocycles. The molecule has 0 spiro atoms. The molecule has 1 atom stereocenters. The van der Waals surface area contributed by atoms with E-state index < -0.39 is 0 Å². The minimum Gasteiger partial charge on any atom is -0.465 e. The number of hydrogen-bond acceptors (Lipinski definition) is 5. The number of rotatable bonds is 6. The van der Waals surface area contributed by atoms with Crippen molar-refractivity contribution in [1.82, 2.24) is 19.5 Å². The summed E-state index contributed by atoms with van der Waals surface area (Å²) in [5, 5.41) is 3.17. The van der Waals surface area contributed by atoms with Gasteiger partial charge in [0.1, 0.15) is 17.4 Å². The van der Waals surface area contributed by atoms with Crippen LogP contribution in [0.4, 0.5) is 10.3 Å². The molecule has 3 aromatic heterocycles. The average molecular weight is 415 g/mol. The largest absolute Gasteiger partial charge is 0.465 e. The number of imidazole rings is 1. The number of allylic oxidation sites excluding steroid dienone is 1. The highest BCUT2D eigenvalue weighted by Crippen LogP contribution is 2.39. The second-order valence-corrected chi connectivity index (χ2v) is 7.38. The number of anilines is 1. The van der Waals surface area contributed by atoms with Crippen molar-refractivity contribution in [3.63, 3.8) is 0 Å². The van der Waals surface area contributed by atoms with Gasteiger partial charge in [-0.2, -0.15) is 0 Å². The second kappa shape index (κ2) is 8.18. The molecule has 1 aliphatic rings. The normalized spacial score (nSPS) is 15.5. The van der Waals surface area contributed by atoms with Crippen LogP contribution in [0.1, 0.15) is 31.0 Å². The lowest BCUT2D eigenvalue weighted by Gasteiger charge is -2.14. The maximum Gasteiger partial charge on any atom is 0.223 e. The van der Waals surface area contributed by atoms with Crippen LogP contribution in [0.25, 0.3) is 28.7 Å². The zero-order chi connectivity index (χ0) is 21.2. The Morgan fingerprint density at radius 3 is 2.84 bits per heavy atom. The van der Waals surface area contributed by atoms with Crippen LogP contribution < -0.4 is 5.32 Å². The van der Waals surface area contributed by atoms with Gasteiger partial charge >= 0.3 is 0 Å². The van der Waals surface area contributed by atoms with Crippen LogP contribution in [0.2, 0.25) is 0 Å². The number of aromatic nitrogens is 4. The number of halogens is 1. The Balaban J connectivity index is 1.64. The topological polar surface area (TPSA) is 68.8 Å². The highest BCUT2D eigenvalue weighted by Gasteiger charge is 2.29. The molecule has 4 aromatic rings. The van der Waals surface area contributed by atoms with Crippen LogP contribution in [0, 0.1) is 5.82 Å².